The van der Waals surface area contributed by atoms with Gasteiger partial charge in [-0.1, -0.05) is 30.3 Å². The lowest BCUT2D eigenvalue weighted by Crippen LogP contribution is -2.29. The zero-order chi connectivity index (χ0) is 17.8. The molecule has 2 aliphatic heterocycles. The molecule has 0 saturated carbocycles. The number of fused-ring (bicyclic) bond motifs is 1. The number of hydrogen-bond donors (Lipinski definition) is 1. The number of carbonyl (C=O) groups is 2. The van der Waals surface area contributed by atoms with E-state index < -0.39 is 17.2 Å². The number of anilines is 1. The largest absolute Gasteiger partial charge is 0.478 e. The van der Waals surface area contributed by atoms with Crippen LogP contribution in [-0.2, 0) is 21.7 Å². The predicted octanol–water partition coefficient (Wildman–Crippen LogP) is 2.44. The molecule has 2 aromatic carbocycles. The Morgan fingerprint density at radius 2 is 1.92 bits per heavy atom. The van der Waals surface area contributed by atoms with Crippen LogP contribution in [0.5, 0.6) is 0 Å². The van der Waals surface area contributed by atoms with Gasteiger partial charge in [0.1, 0.15) is 11.7 Å². The maximum absolute atomic E-state index is 12.5. The second-order valence-electron chi connectivity index (χ2n) is 6.33. The van der Waals surface area contributed by atoms with Gasteiger partial charge in [0.2, 0.25) is 0 Å². The Labute approximate surface area is 143 Å². The quantitative estimate of drug-likeness (QED) is 0.870. The maximum Gasteiger partial charge on any atom is 0.354 e. The lowest BCUT2D eigenvalue weighted by atomic mass is 9.88. The van der Waals surface area contributed by atoms with Crippen molar-refractivity contribution in [3.8, 4) is 6.07 Å². The summed E-state index contributed by atoms with van der Waals surface area (Å²) in [6.07, 6.45) is 0. The van der Waals surface area contributed by atoms with Crippen molar-refractivity contribution in [3.63, 3.8) is 0 Å². The molecule has 2 aromatic rings. The highest BCUT2D eigenvalue weighted by Gasteiger charge is 2.75. The highest BCUT2D eigenvalue weighted by atomic mass is 16.6. The molecule has 1 fully saturated rings. The van der Waals surface area contributed by atoms with Crippen LogP contribution < -0.4 is 4.90 Å². The first-order valence-corrected chi connectivity index (χ1v) is 7.78. The van der Waals surface area contributed by atoms with Crippen LogP contribution in [0.2, 0.25) is 0 Å². The Hall–Kier alpha value is -3.17. The number of ether oxygens (including phenoxy) is 1. The average Bonchev–Trinajstić information content (AvgIpc) is 3.14. The van der Waals surface area contributed by atoms with Crippen LogP contribution in [-0.4, -0.2) is 22.6 Å². The van der Waals surface area contributed by atoms with Crippen molar-refractivity contribution in [1.29, 1.82) is 5.26 Å². The molecule has 6 nitrogen and oxygen atoms in total. The Bertz CT molecular complexity index is 947. The monoisotopic (exact) mass is 334 g/mol. The molecule has 2 aliphatic rings. The summed E-state index contributed by atoms with van der Waals surface area (Å²) in [5.74, 6) is -1.36. The van der Waals surface area contributed by atoms with Crippen molar-refractivity contribution in [2.24, 2.45) is 0 Å². The number of hydrogen-bond acceptors (Lipinski definition) is 4. The molecule has 2 atom stereocenters. The fourth-order valence-electron chi connectivity index (χ4n) is 3.39. The van der Waals surface area contributed by atoms with Gasteiger partial charge in [0.15, 0.2) is 0 Å². The van der Waals surface area contributed by atoms with Crippen molar-refractivity contribution >= 4 is 17.6 Å². The first kappa shape index (κ1) is 15.4. The normalized spacial score (nSPS) is 26.9. The third-order valence-corrected chi connectivity index (χ3v) is 5.00. The lowest BCUT2D eigenvalue weighted by molar-refractivity contribution is -0.141. The number of carboxylic acids is 1. The molecule has 0 radical (unpaired) electrons. The van der Waals surface area contributed by atoms with Gasteiger partial charge >= 0.3 is 5.97 Å². The number of nitrogens with zero attached hydrogens (tertiary/aromatic N) is 2. The van der Waals surface area contributed by atoms with E-state index in [1.165, 1.54) is 0 Å². The fourth-order valence-corrected chi connectivity index (χ4v) is 3.39. The van der Waals surface area contributed by atoms with E-state index in [1.807, 2.05) is 18.2 Å². The summed E-state index contributed by atoms with van der Waals surface area (Å²) in [7, 11) is 0. The second-order valence-corrected chi connectivity index (χ2v) is 6.33. The topological polar surface area (TPSA) is 93.9 Å². The molecule has 0 bridgehead atoms. The van der Waals surface area contributed by atoms with E-state index in [9.17, 15) is 20.0 Å². The van der Waals surface area contributed by atoms with Gasteiger partial charge < -0.3 is 14.7 Å². The van der Waals surface area contributed by atoms with Gasteiger partial charge in [-0.3, -0.25) is 4.79 Å². The molecule has 1 N–H and O–H groups in total. The summed E-state index contributed by atoms with van der Waals surface area (Å²) in [5.41, 5.74) is -0.0727. The van der Waals surface area contributed by atoms with Gasteiger partial charge in [-0.25, -0.2) is 4.79 Å². The Balaban J connectivity index is 1.62. The minimum atomic E-state index is -1.85. The zero-order valence-electron chi connectivity index (χ0n) is 13.4. The van der Waals surface area contributed by atoms with E-state index in [2.05, 4.69) is 0 Å². The molecule has 0 spiro atoms. The fraction of sp³-hybridized carbons (Fsp3) is 0.211. The summed E-state index contributed by atoms with van der Waals surface area (Å²) in [4.78, 5) is 25.5. The van der Waals surface area contributed by atoms with Crippen LogP contribution in [0.15, 0.2) is 48.5 Å². The molecule has 124 valence electrons. The number of rotatable bonds is 3. The van der Waals surface area contributed by atoms with E-state index >= 15 is 0 Å². The standard InChI is InChI=1S/C19H14N2O4/c1-18(19(11-20,25-18)17(23)24)13-6-8-14(9-7-13)21-10-12-4-2-3-5-15(12)16(21)22/h2-9H,10H2,1H3,(H,23,24)/t18-,19-/m0/s1. The number of carboxylic acid groups (broad SMARTS) is 1. The summed E-state index contributed by atoms with van der Waals surface area (Å²) >= 11 is 0. The number of amides is 1. The number of benzene rings is 2. The zero-order valence-corrected chi connectivity index (χ0v) is 13.4. The molecule has 1 saturated heterocycles. The maximum atomic E-state index is 12.5. The molecule has 4 rings (SSSR count). The second kappa shape index (κ2) is 4.91. The smallest absolute Gasteiger partial charge is 0.354 e. The van der Waals surface area contributed by atoms with Gasteiger partial charge in [0.25, 0.3) is 11.5 Å². The van der Waals surface area contributed by atoms with E-state index in [1.54, 1.807) is 48.2 Å². The van der Waals surface area contributed by atoms with Gasteiger partial charge in [0.05, 0.1) is 6.54 Å². The van der Waals surface area contributed by atoms with Crippen molar-refractivity contribution in [2.75, 3.05) is 4.90 Å². The Morgan fingerprint density at radius 1 is 1.24 bits per heavy atom. The van der Waals surface area contributed by atoms with Crippen LogP contribution in [0.25, 0.3) is 0 Å². The van der Waals surface area contributed by atoms with Crippen LogP contribution >= 0.6 is 0 Å². The molecule has 0 unspecified atom stereocenters. The summed E-state index contributed by atoms with van der Waals surface area (Å²) in [6, 6.07) is 16.1. The Morgan fingerprint density at radius 3 is 2.48 bits per heavy atom. The number of aliphatic carboxylic acids is 1. The average molecular weight is 334 g/mol. The molecule has 2 heterocycles. The van der Waals surface area contributed by atoms with Crippen molar-refractivity contribution in [1.82, 2.24) is 0 Å². The lowest BCUT2D eigenvalue weighted by Gasteiger charge is -2.17. The van der Waals surface area contributed by atoms with Crippen molar-refractivity contribution < 1.29 is 19.4 Å². The van der Waals surface area contributed by atoms with Crippen LogP contribution in [0.4, 0.5) is 5.69 Å². The first-order chi connectivity index (χ1) is 11.9. The van der Waals surface area contributed by atoms with E-state index in [0.29, 0.717) is 23.4 Å². The molecular formula is C19H14N2O4. The summed E-state index contributed by atoms with van der Waals surface area (Å²) < 4.78 is 5.28. The predicted molar refractivity (Wildman–Crippen MR) is 87.8 cm³/mol. The number of nitriles is 1. The summed E-state index contributed by atoms with van der Waals surface area (Å²) in [5, 5.41) is 18.4. The van der Waals surface area contributed by atoms with Gasteiger partial charge in [-0.05, 0) is 36.2 Å². The molecule has 25 heavy (non-hydrogen) atoms. The Kier molecular flexibility index (Phi) is 3.02. The highest BCUT2D eigenvalue weighted by molar-refractivity contribution is 6.10. The summed E-state index contributed by atoms with van der Waals surface area (Å²) in [6.45, 7) is 2.08. The van der Waals surface area contributed by atoms with Crippen LogP contribution in [0, 0.1) is 11.3 Å². The molecule has 6 heteroatoms. The SMILES string of the molecule is C[C@@]1(c2ccc(N3Cc4ccccc4C3=O)cc2)O[C@@]1(C#N)C(=O)O. The van der Waals surface area contributed by atoms with E-state index in [0.717, 1.165) is 5.56 Å². The molecule has 0 aromatic heterocycles. The molecule has 0 aliphatic carbocycles. The highest BCUT2D eigenvalue weighted by Crippen LogP contribution is 2.55. The van der Waals surface area contributed by atoms with Gasteiger partial charge in [-0.15, -0.1) is 0 Å². The number of epoxide rings is 1. The molecule has 1 amide bonds. The minimum absolute atomic E-state index is 0.0610. The van der Waals surface area contributed by atoms with Gasteiger partial charge in [-0.2, -0.15) is 5.26 Å². The van der Waals surface area contributed by atoms with Crippen LogP contribution in [0.1, 0.15) is 28.4 Å². The molecular weight excluding hydrogens is 320 g/mol. The first-order valence-electron chi connectivity index (χ1n) is 7.78. The van der Waals surface area contributed by atoms with E-state index in [4.69, 9.17) is 4.74 Å². The number of carbonyl (C=O) groups excluding carboxylic acids is 1. The van der Waals surface area contributed by atoms with E-state index in [-0.39, 0.29) is 5.91 Å². The minimum Gasteiger partial charge on any atom is -0.478 e. The van der Waals surface area contributed by atoms with Crippen molar-refractivity contribution in [2.45, 2.75) is 24.7 Å². The third-order valence-electron chi connectivity index (χ3n) is 5.00. The third kappa shape index (κ3) is 1.93. The van der Waals surface area contributed by atoms with Crippen molar-refractivity contribution in [3.05, 3.63) is 65.2 Å². The van der Waals surface area contributed by atoms with Gasteiger partial charge in [0, 0.05) is 11.3 Å². The van der Waals surface area contributed by atoms with Crippen LogP contribution in [0.3, 0.4) is 0 Å².